The van der Waals surface area contributed by atoms with Gasteiger partial charge in [0.15, 0.2) is 0 Å². The van der Waals surface area contributed by atoms with Crippen molar-refractivity contribution in [3.63, 3.8) is 0 Å². The Balaban J connectivity index is 2.65. The lowest BCUT2D eigenvalue weighted by Crippen LogP contribution is -2.32. The molecule has 0 spiro atoms. The Bertz CT molecular complexity index is 386. The van der Waals surface area contributed by atoms with E-state index in [1.165, 1.54) is 141 Å². The van der Waals surface area contributed by atoms with Gasteiger partial charge < -0.3 is 0 Å². The van der Waals surface area contributed by atoms with Gasteiger partial charge in [0.05, 0.1) is 0 Å². The van der Waals surface area contributed by atoms with Crippen LogP contribution in [-0.4, -0.2) is 0 Å². The summed E-state index contributed by atoms with van der Waals surface area (Å²) in [4.78, 5) is 0. The van der Waals surface area contributed by atoms with Gasteiger partial charge in [0.2, 0.25) is 0 Å². The molecule has 0 radical (unpaired) electrons. The Morgan fingerprint density at radius 2 is 0.472 bits per heavy atom. The SMILES string of the molecule is CCCCCCCCC1CC(CCCCCCC)C(CCCCCCC)CC1CCCCCCCC. The maximum atomic E-state index is 2.35. The molecule has 1 rings (SSSR count). The second kappa shape index (κ2) is 25.3. The van der Waals surface area contributed by atoms with Gasteiger partial charge in [-0.05, 0) is 36.5 Å². The van der Waals surface area contributed by atoms with Crippen LogP contribution in [0.4, 0.5) is 0 Å². The van der Waals surface area contributed by atoms with Gasteiger partial charge in [0.25, 0.3) is 0 Å². The summed E-state index contributed by atoms with van der Waals surface area (Å²) < 4.78 is 0. The van der Waals surface area contributed by atoms with Crippen molar-refractivity contribution >= 4 is 0 Å². The van der Waals surface area contributed by atoms with E-state index in [0.29, 0.717) is 0 Å². The summed E-state index contributed by atoms with van der Waals surface area (Å²) in [5, 5.41) is 0. The van der Waals surface area contributed by atoms with Crippen LogP contribution in [0.25, 0.3) is 0 Å². The lowest BCUT2D eigenvalue weighted by molar-refractivity contribution is 0.0814. The number of hydrogen-bond acceptors (Lipinski definition) is 0. The Hall–Kier alpha value is 0. The van der Waals surface area contributed by atoms with E-state index in [0.717, 1.165) is 23.7 Å². The van der Waals surface area contributed by atoms with Crippen LogP contribution in [0.5, 0.6) is 0 Å². The molecule has 1 aliphatic carbocycles. The summed E-state index contributed by atoms with van der Waals surface area (Å²) in [6.07, 6.45) is 41.7. The Morgan fingerprint density at radius 1 is 0.278 bits per heavy atom. The van der Waals surface area contributed by atoms with E-state index in [2.05, 4.69) is 27.7 Å². The fourth-order valence-corrected chi connectivity index (χ4v) is 7.36. The number of rotatable bonds is 26. The highest BCUT2D eigenvalue weighted by atomic mass is 14.4. The van der Waals surface area contributed by atoms with Crippen LogP contribution < -0.4 is 0 Å². The zero-order chi connectivity index (χ0) is 26.1. The number of unbranched alkanes of at least 4 members (excludes halogenated alkanes) is 18. The van der Waals surface area contributed by atoms with Gasteiger partial charge in [-0.25, -0.2) is 0 Å². The molecule has 4 unspecified atom stereocenters. The first kappa shape index (κ1) is 34.0. The summed E-state index contributed by atoms with van der Waals surface area (Å²) >= 11 is 0. The molecule has 0 nitrogen and oxygen atoms in total. The molecule has 0 amide bonds. The third kappa shape index (κ3) is 17.5. The maximum absolute atomic E-state index is 2.35. The average molecular weight is 505 g/mol. The molecule has 0 aliphatic heterocycles. The van der Waals surface area contributed by atoms with Crippen molar-refractivity contribution in [2.45, 2.75) is 207 Å². The van der Waals surface area contributed by atoms with Crippen molar-refractivity contribution in [2.75, 3.05) is 0 Å². The van der Waals surface area contributed by atoms with E-state index in [1.807, 2.05) is 0 Å². The van der Waals surface area contributed by atoms with Crippen LogP contribution in [0, 0.1) is 23.7 Å². The topological polar surface area (TPSA) is 0 Å². The highest BCUT2D eigenvalue weighted by molar-refractivity contribution is 4.86. The molecule has 0 aromatic carbocycles. The fraction of sp³-hybridized carbons (Fsp3) is 1.00. The molecule has 0 aromatic heterocycles. The quantitative estimate of drug-likeness (QED) is 0.103. The van der Waals surface area contributed by atoms with E-state index in [-0.39, 0.29) is 0 Å². The molecule has 1 fully saturated rings. The molecule has 1 saturated carbocycles. The van der Waals surface area contributed by atoms with Gasteiger partial charge in [-0.15, -0.1) is 0 Å². The average Bonchev–Trinajstić information content (AvgIpc) is 2.89. The van der Waals surface area contributed by atoms with Gasteiger partial charge in [0.1, 0.15) is 0 Å². The molecule has 0 bridgehead atoms. The third-order valence-corrected chi connectivity index (χ3v) is 9.76. The Labute approximate surface area is 231 Å². The molecule has 216 valence electrons. The minimum Gasteiger partial charge on any atom is -0.0654 e. The lowest BCUT2D eigenvalue weighted by Gasteiger charge is -2.42. The van der Waals surface area contributed by atoms with Crippen molar-refractivity contribution in [1.29, 1.82) is 0 Å². The molecule has 4 atom stereocenters. The molecule has 0 N–H and O–H groups in total. The summed E-state index contributed by atoms with van der Waals surface area (Å²) in [6, 6.07) is 0. The summed E-state index contributed by atoms with van der Waals surface area (Å²) in [5.41, 5.74) is 0. The second-order valence-corrected chi connectivity index (χ2v) is 13.0. The zero-order valence-corrected chi connectivity index (χ0v) is 26.1. The summed E-state index contributed by atoms with van der Waals surface area (Å²) in [7, 11) is 0. The molecule has 0 heterocycles. The Morgan fingerprint density at radius 3 is 0.694 bits per heavy atom. The molecule has 36 heavy (non-hydrogen) atoms. The van der Waals surface area contributed by atoms with Crippen molar-refractivity contribution in [3.8, 4) is 0 Å². The molecular formula is C36H72. The van der Waals surface area contributed by atoms with E-state index in [1.54, 1.807) is 38.5 Å². The minimum absolute atomic E-state index is 1.06. The second-order valence-electron chi connectivity index (χ2n) is 13.0. The summed E-state index contributed by atoms with van der Waals surface area (Å²) in [6.45, 7) is 9.40. The third-order valence-electron chi connectivity index (χ3n) is 9.76. The van der Waals surface area contributed by atoms with Crippen LogP contribution in [0.3, 0.4) is 0 Å². The largest absolute Gasteiger partial charge is 0.0654 e. The van der Waals surface area contributed by atoms with Crippen LogP contribution in [0.2, 0.25) is 0 Å². The van der Waals surface area contributed by atoms with Gasteiger partial charge in [-0.1, -0.05) is 195 Å². The van der Waals surface area contributed by atoms with Crippen LogP contribution in [0.15, 0.2) is 0 Å². The van der Waals surface area contributed by atoms with Gasteiger partial charge in [-0.3, -0.25) is 0 Å². The van der Waals surface area contributed by atoms with Gasteiger partial charge >= 0.3 is 0 Å². The first-order chi connectivity index (χ1) is 17.8. The van der Waals surface area contributed by atoms with E-state index < -0.39 is 0 Å². The summed E-state index contributed by atoms with van der Waals surface area (Å²) in [5.74, 6) is 4.24. The molecule has 0 saturated heterocycles. The van der Waals surface area contributed by atoms with Crippen LogP contribution in [-0.2, 0) is 0 Å². The highest BCUT2D eigenvalue weighted by Crippen LogP contribution is 2.46. The molecule has 0 aromatic rings. The van der Waals surface area contributed by atoms with E-state index >= 15 is 0 Å². The predicted octanol–water partition coefficient (Wildman–Crippen LogP) is 13.5. The highest BCUT2D eigenvalue weighted by Gasteiger charge is 2.35. The number of hydrogen-bond donors (Lipinski definition) is 0. The standard InChI is InChI=1S/C36H72/c1-5-9-13-17-21-25-29-35-31-33(27-23-19-15-11-7-3)34(28-24-20-16-12-8-4)32-36(35)30-26-22-18-14-10-6-2/h33-36H,5-32H2,1-4H3. The normalized spacial score (nSPS) is 22.3. The molecular weight excluding hydrogens is 432 g/mol. The molecule has 0 heteroatoms. The first-order valence-electron chi connectivity index (χ1n) is 17.8. The van der Waals surface area contributed by atoms with Crippen molar-refractivity contribution < 1.29 is 0 Å². The fourth-order valence-electron chi connectivity index (χ4n) is 7.36. The first-order valence-corrected chi connectivity index (χ1v) is 17.8. The maximum Gasteiger partial charge on any atom is -0.0383 e. The Kier molecular flexibility index (Phi) is 23.9. The smallest absolute Gasteiger partial charge is 0.0383 e. The lowest BCUT2D eigenvalue weighted by atomic mass is 9.63. The van der Waals surface area contributed by atoms with E-state index in [9.17, 15) is 0 Å². The van der Waals surface area contributed by atoms with Crippen LogP contribution in [0.1, 0.15) is 207 Å². The van der Waals surface area contributed by atoms with Crippen LogP contribution >= 0.6 is 0 Å². The van der Waals surface area contributed by atoms with Crippen molar-refractivity contribution in [3.05, 3.63) is 0 Å². The monoisotopic (exact) mass is 505 g/mol. The molecule has 1 aliphatic rings. The predicted molar refractivity (Wildman–Crippen MR) is 166 cm³/mol. The van der Waals surface area contributed by atoms with Crippen molar-refractivity contribution in [1.82, 2.24) is 0 Å². The van der Waals surface area contributed by atoms with Gasteiger partial charge in [-0.2, -0.15) is 0 Å². The van der Waals surface area contributed by atoms with Gasteiger partial charge in [0, 0.05) is 0 Å². The van der Waals surface area contributed by atoms with E-state index in [4.69, 9.17) is 0 Å². The minimum atomic E-state index is 1.06. The van der Waals surface area contributed by atoms with Crippen molar-refractivity contribution in [2.24, 2.45) is 23.7 Å². The zero-order valence-electron chi connectivity index (χ0n) is 26.1.